The maximum Gasteiger partial charge on any atom is 0.123 e. The lowest BCUT2D eigenvalue weighted by Gasteiger charge is -2.25. The molecule has 0 saturated carbocycles. The molecule has 0 aliphatic heterocycles. The smallest absolute Gasteiger partial charge is 0.123 e. The van der Waals surface area contributed by atoms with Gasteiger partial charge < -0.3 is 10.0 Å². The summed E-state index contributed by atoms with van der Waals surface area (Å²) in [6, 6.07) is 11.7. The van der Waals surface area contributed by atoms with E-state index in [-0.39, 0.29) is 12.4 Å². The summed E-state index contributed by atoms with van der Waals surface area (Å²) in [4.78, 5) is 2.00. The third kappa shape index (κ3) is 3.06. The van der Waals surface area contributed by atoms with Crippen molar-refractivity contribution < 1.29 is 9.50 Å². The third-order valence-electron chi connectivity index (χ3n) is 2.96. The standard InChI is InChI=1S/C15H15ClFNO/c1-2-18(14-6-4-13(17)5-7-14)15-8-3-12(16)9-11(15)10-19/h3-9,19H,2,10H2,1H3. The van der Waals surface area contributed by atoms with Crippen LogP contribution in [0.5, 0.6) is 0 Å². The van der Waals surface area contributed by atoms with Crippen LogP contribution in [0.1, 0.15) is 12.5 Å². The van der Waals surface area contributed by atoms with Crippen LogP contribution in [0.2, 0.25) is 5.02 Å². The molecular formula is C15H15ClFNO. The lowest BCUT2D eigenvalue weighted by Crippen LogP contribution is -2.17. The molecule has 4 heteroatoms. The van der Waals surface area contributed by atoms with Crippen molar-refractivity contribution in [3.63, 3.8) is 0 Å². The molecule has 2 aromatic rings. The number of nitrogens with zero attached hydrogens (tertiary/aromatic N) is 1. The van der Waals surface area contributed by atoms with Crippen molar-refractivity contribution in [3.05, 3.63) is 58.9 Å². The first-order chi connectivity index (χ1) is 9.15. The van der Waals surface area contributed by atoms with Gasteiger partial charge in [0.15, 0.2) is 0 Å². The van der Waals surface area contributed by atoms with Crippen LogP contribution in [0.4, 0.5) is 15.8 Å². The zero-order chi connectivity index (χ0) is 13.8. The second-order valence-electron chi connectivity index (χ2n) is 4.15. The SMILES string of the molecule is CCN(c1ccc(F)cc1)c1ccc(Cl)cc1CO. The maximum absolute atomic E-state index is 13.0. The van der Waals surface area contributed by atoms with Crippen molar-refractivity contribution in [3.8, 4) is 0 Å². The van der Waals surface area contributed by atoms with Crippen molar-refractivity contribution in [2.24, 2.45) is 0 Å². The fourth-order valence-corrected chi connectivity index (χ4v) is 2.25. The van der Waals surface area contributed by atoms with Gasteiger partial charge >= 0.3 is 0 Å². The fourth-order valence-electron chi connectivity index (χ4n) is 2.06. The number of anilines is 2. The molecule has 0 unspecified atom stereocenters. The first-order valence-electron chi connectivity index (χ1n) is 6.08. The van der Waals surface area contributed by atoms with Crippen molar-refractivity contribution >= 4 is 23.0 Å². The molecule has 0 heterocycles. The highest BCUT2D eigenvalue weighted by Gasteiger charge is 2.12. The summed E-state index contributed by atoms with van der Waals surface area (Å²) in [5.41, 5.74) is 2.50. The van der Waals surface area contributed by atoms with Gasteiger partial charge in [-0.1, -0.05) is 11.6 Å². The second-order valence-corrected chi connectivity index (χ2v) is 4.59. The van der Waals surface area contributed by atoms with Crippen LogP contribution < -0.4 is 4.90 Å². The Bertz CT molecular complexity index is 557. The molecule has 0 radical (unpaired) electrons. The largest absolute Gasteiger partial charge is 0.392 e. The van der Waals surface area contributed by atoms with E-state index < -0.39 is 0 Å². The number of aliphatic hydroxyl groups is 1. The van der Waals surface area contributed by atoms with E-state index in [0.29, 0.717) is 11.6 Å². The van der Waals surface area contributed by atoms with Gasteiger partial charge in [0.1, 0.15) is 5.82 Å². The minimum Gasteiger partial charge on any atom is -0.392 e. The van der Waals surface area contributed by atoms with Crippen LogP contribution in [0.15, 0.2) is 42.5 Å². The van der Waals surface area contributed by atoms with Crippen LogP contribution in [-0.2, 0) is 6.61 Å². The van der Waals surface area contributed by atoms with Gasteiger partial charge in [-0.15, -0.1) is 0 Å². The first-order valence-corrected chi connectivity index (χ1v) is 6.46. The molecule has 2 nitrogen and oxygen atoms in total. The van der Waals surface area contributed by atoms with Gasteiger partial charge in [0.2, 0.25) is 0 Å². The Morgan fingerprint density at radius 2 is 1.84 bits per heavy atom. The summed E-state index contributed by atoms with van der Waals surface area (Å²) < 4.78 is 13.0. The van der Waals surface area contributed by atoms with Gasteiger partial charge in [-0.3, -0.25) is 0 Å². The van der Waals surface area contributed by atoms with E-state index >= 15 is 0 Å². The van der Waals surface area contributed by atoms with Crippen molar-refractivity contribution in [2.75, 3.05) is 11.4 Å². The molecule has 100 valence electrons. The van der Waals surface area contributed by atoms with E-state index in [1.54, 1.807) is 24.3 Å². The number of hydrogen-bond acceptors (Lipinski definition) is 2. The first kappa shape index (κ1) is 13.8. The van der Waals surface area contributed by atoms with Gasteiger partial charge in [-0.05, 0) is 49.4 Å². The van der Waals surface area contributed by atoms with Gasteiger partial charge in [0.25, 0.3) is 0 Å². The molecule has 2 rings (SSSR count). The van der Waals surface area contributed by atoms with E-state index in [9.17, 15) is 9.50 Å². The third-order valence-corrected chi connectivity index (χ3v) is 3.19. The van der Waals surface area contributed by atoms with Gasteiger partial charge in [-0.25, -0.2) is 4.39 Å². The van der Waals surface area contributed by atoms with Gasteiger partial charge in [0, 0.05) is 28.5 Å². The molecule has 0 atom stereocenters. The Morgan fingerprint density at radius 3 is 2.42 bits per heavy atom. The predicted octanol–water partition coefficient (Wildman–Crippen LogP) is 4.13. The molecule has 0 aliphatic carbocycles. The summed E-state index contributed by atoms with van der Waals surface area (Å²) in [6.07, 6.45) is 0. The zero-order valence-corrected chi connectivity index (χ0v) is 11.4. The van der Waals surface area contributed by atoms with Crippen LogP contribution in [-0.4, -0.2) is 11.7 Å². The Kier molecular flexibility index (Phi) is 4.40. The van der Waals surface area contributed by atoms with E-state index in [4.69, 9.17) is 11.6 Å². The van der Waals surface area contributed by atoms with E-state index in [1.807, 2.05) is 17.9 Å². The molecule has 0 fully saturated rings. The maximum atomic E-state index is 13.0. The van der Waals surface area contributed by atoms with Gasteiger partial charge in [-0.2, -0.15) is 0 Å². The second kappa shape index (κ2) is 6.04. The number of aliphatic hydroxyl groups excluding tert-OH is 1. The summed E-state index contributed by atoms with van der Waals surface area (Å²) in [5.74, 6) is -0.265. The predicted molar refractivity (Wildman–Crippen MR) is 76.5 cm³/mol. The molecule has 0 aliphatic rings. The highest BCUT2D eigenvalue weighted by molar-refractivity contribution is 6.30. The van der Waals surface area contributed by atoms with Gasteiger partial charge in [0.05, 0.1) is 6.61 Å². The molecule has 1 N–H and O–H groups in total. The Labute approximate surface area is 117 Å². The molecule has 0 spiro atoms. The molecule has 0 aromatic heterocycles. The number of benzene rings is 2. The van der Waals surface area contributed by atoms with E-state index in [1.165, 1.54) is 12.1 Å². The van der Waals surface area contributed by atoms with Crippen molar-refractivity contribution in [2.45, 2.75) is 13.5 Å². The normalized spacial score (nSPS) is 10.5. The Balaban J connectivity index is 2.44. The molecule has 0 amide bonds. The monoisotopic (exact) mass is 279 g/mol. The van der Waals surface area contributed by atoms with E-state index in [0.717, 1.165) is 16.9 Å². The van der Waals surface area contributed by atoms with Crippen LogP contribution in [0.3, 0.4) is 0 Å². The fraction of sp³-hybridized carbons (Fsp3) is 0.200. The molecule has 0 saturated heterocycles. The minimum atomic E-state index is -0.265. The summed E-state index contributed by atoms with van der Waals surface area (Å²) in [6.45, 7) is 2.62. The minimum absolute atomic E-state index is 0.0897. The topological polar surface area (TPSA) is 23.5 Å². The zero-order valence-electron chi connectivity index (χ0n) is 10.6. The molecular weight excluding hydrogens is 265 g/mol. The summed E-state index contributed by atoms with van der Waals surface area (Å²) >= 11 is 5.93. The van der Waals surface area contributed by atoms with Crippen LogP contribution in [0, 0.1) is 5.82 Å². The summed E-state index contributed by atoms with van der Waals surface area (Å²) in [5, 5.41) is 10.0. The van der Waals surface area contributed by atoms with Crippen LogP contribution >= 0.6 is 11.6 Å². The average molecular weight is 280 g/mol. The molecule has 19 heavy (non-hydrogen) atoms. The quantitative estimate of drug-likeness (QED) is 0.910. The molecule has 0 bridgehead atoms. The number of halogens is 2. The van der Waals surface area contributed by atoms with Crippen LogP contribution in [0.25, 0.3) is 0 Å². The summed E-state index contributed by atoms with van der Waals surface area (Å²) in [7, 11) is 0. The number of hydrogen-bond donors (Lipinski definition) is 1. The highest BCUT2D eigenvalue weighted by atomic mass is 35.5. The average Bonchev–Trinajstić information content (AvgIpc) is 2.43. The Hall–Kier alpha value is -1.58. The lowest BCUT2D eigenvalue weighted by atomic mass is 10.1. The van der Waals surface area contributed by atoms with E-state index in [2.05, 4.69) is 0 Å². The lowest BCUT2D eigenvalue weighted by molar-refractivity contribution is 0.282. The van der Waals surface area contributed by atoms with Crippen molar-refractivity contribution in [1.82, 2.24) is 0 Å². The molecule has 2 aromatic carbocycles. The van der Waals surface area contributed by atoms with Crippen molar-refractivity contribution in [1.29, 1.82) is 0 Å². The highest BCUT2D eigenvalue weighted by Crippen LogP contribution is 2.30. The Morgan fingerprint density at radius 1 is 1.16 bits per heavy atom. The number of rotatable bonds is 4.